The Morgan fingerprint density at radius 1 is 1.43 bits per heavy atom. The van der Waals surface area contributed by atoms with Crippen LogP contribution < -0.4 is 5.32 Å². The van der Waals surface area contributed by atoms with Crippen molar-refractivity contribution in [1.82, 2.24) is 10.1 Å². The second-order valence-electron chi connectivity index (χ2n) is 4.83. The van der Waals surface area contributed by atoms with E-state index in [1.54, 1.807) is 47.4 Å². The molecular weight excluding hydrogens is 350 g/mol. The molecule has 0 bridgehead atoms. The van der Waals surface area contributed by atoms with E-state index in [4.69, 9.17) is 4.52 Å². The first-order valence-corrected chi connectivity index (χ1v) is 9.96. The Labute approximate surface area is 146 Å². The van der Waals surface area contributed by atoms with Gasteiger partial charge in [-0.1, -0.05) is 5.16 Å². The fraction of sp³-hybridized carbons (Fsp3) is 0.267. The Morgan fingerprint density at radius 2 is 2.35 bits per heavy atom. The molecule has 0 aliphatic rings. The van der Waals surface area contributed by atoms with Crippen LogP contribution in [0.5, 0.6) is 0 Å². The van der Waals surface area contributed by atoms with Crippen molar-refractivity contribution < 1.29 is 9.32 Å². The minimum atomic E-state index is -0.0527. The van der Waals surface area contributed by atoms with Crippen molar-refractivity contribution in [3.05, 3.63) is 39.7 Å². The van der Waals surface area contributed by atoms with E-state index in [2.05, 4.69) is 37.7 Å². The van der Waals surface area contributed by atoms with E-state index < -0.39 is 0 Å². The van der Waals surface area contributed by atoms with E-state index in [0.717, 1.165) is 22.2 Å². The number of anilines is 1. The van der Waals surface area contributed by atoms with Gasteiger partial charge in [-0.3, -0.25) is 4.79 Å². The van der Waals surface area contributed by atoms with Crippen molar-refractivity contribution in [3.8, 4) is 10.6 Å². The van der Waals surface area contributed by atoms with Gasteiger partial charge >= 0.3 is 0 Å². The second-order valence-corrected chi connectivity index (χ2v) is 7.57. The van der Waals surface area contributed by atoms with E-state index >= 15 is 0 Å². The third-order valence-electron chi connectivity index (χ3n) is 2.94. The van der Waals surface area contributed by atoms with Gasteiger partial charge in [-0.15, -0.1) is 11.3 Å². The van der Waals surface area contributed by atoms with E-state index in [-0.39, 0.29) is 5.91 Å². The maximum atomic E-state index is 11.8. The topological polar surface area (TPSA) is 68.0 Å². The van der Waals surface area contributed by atoms with Gasteiger partial charge in [0.15, 0.2) is 5.82 Å². The molecule has 120 valence electrons. The molecule has 3 rings (SSSR count). The summed E-state index contributed by atoms with van der Waals surface area (Å²) in [6.07, 6.45) is 0.443. The molecule has 3 heterocycles. The van der Waals surface area contributed by atoms with E-state index in [1.165, 1.54) is 5.56 Å². The average molecular weight is 366 g/mol. The molecule has 5 nitrogen and oxygen atoms in total. The standard InChI is InChI=1S/C15H15N3O2S3/c1-10-6-13(18-20-10)17-14(19)3-5-22-8-12-9-23-15(16-12)11-2-4-21-7-11/h2,4,6-7,9H,3,5,8H2,1H3,(H,17,18,19). The summed E-state index contributed by atoms with van der Waals surface area (Å²) in [7, 11) is 0. The molecule has 0 aliphatic carbocycles. The Morgan fingerprint density at radius 3 is 3.09 bits per heavy atom. The minimum absolute atomic E-state index is 0.0527. The van der Waals surface area contributed by atoms with Crippen molar-refractivity contribution in [3.63, 3.8) is 0 Å². The summed E-state index contributed by atoms with van der Waals surface area (Å²) >= 11 is 5.04. The number of thiophene rings is 1. The molecule has 0 fully saturated rings. The number of aromatic nitrogens is 2. The van der Waals surface area contributed by atoms with Crippen LogP contribution in [-0.4, -0.2) is 21.8 Å². The molecule has 0 saturated carbocycles. The Bertz CT molecular complexity index is 765. The van der Waals surface area contributed by atoms with Crippen LogP contribution in [0, 0.1) is 6.92 Å². The highest BCUT2D eigenvalue weighted by Crippen LogP contribution is 2.27. The molecule has 3 aromatic heterocycles. The molecule has 0 atom stereocenters. The molecule has 0 spiro atoms. The monoisotopic (exact) mass is 365 g/mol. The molecular formula is C15H15N3O2S3. The molecule has 8 heteroatoms. The SMILES string of the molecule is Cc1cc(NC(=O)CCSCc2csc(-c3ccsc3)n2)no1. The zero-order chi connectivity index (χ0) is 16.1. The zero-order valence-corrected chi connectivity index (χ0v) is 14.9. The predicted octanol–water partition coefficient (Wildman–Crippen LogP) is 4.43. The molecule has 0 aliphatic heterocycles. The molecule has 0 radical (unpaired) electrons. The summed E-state index contributed by atoms with van der Waals surface area (Å²) in [5.41, 5.74) is 2.24. The molecule has 23 heavy (non-hydrogen) atoms. The number of thioether (sulfide) groups is 1. The zero-order valence-electron chi connectivity index (χ0n) is 12.4. The Hall–Kier alpha value is -1.64. The van der Waals surface area contributed by atoms with Gasteiger partial charge in [0.05, 0.1) is 5.69 Å². The summed E-state index contributed by atoms with van der Waals surface area (Å²) in [6.45, 7) is 1.79. The number of carbonyl (C=O) groups is 1. The van der Waals surface area contributed by atoms with Gasteiger partial charge in [0.1, 0.15) is 10.8 Å². The Balaban J connectivity index is 1.39. The summed E-state index contributed by atoms with van der Waals surface area (Å²) in [4.78, 5) is 16.4. The molecule has 0 saturated heterocycles. The number of rotatable bonds is 7. The maximum Gasteiger partial charge on any atom is 0.226 e. The van der Waals surface area contributed by atoms with E-state index in [1.807, 2.05) is 0 Å². The third kappa shape index (κ3) is 4.66. The molecule has 0 unspecified atom stereocenters. The van der Waals surface area contributed by atoms with Crippen LogP contribution in [0.1, 0.15) is 17.9 Å². The van der Waals surface area contributed by atoms with Gasteiger partial charge in [-0.05, 0) is 18.4 Å². The van der Waals surface area contributed by atoms with Gasteiger partial charge in [0.2, 0.25) is 5.91 Å². The van der Waals surface area contributed by atoms with Gasteiger partial charge in [-0.2, -0.15) is 23.1 Å². The lowest BCUT2D eigenvalue weighted by atomic mass is 10.4. The lowest BCUT2D eigenvalue weighted by Crippen LogP contribution is -2.12. The second kappa shape index (κ2) is 7.76. The lowest BCUT2D eigenvalue weighted by molar-refractivity contribution is -0.115. The van der Waals surface area contributed by atoms with E-state index in [9.17, 15) is 4.79 Å². The Kier molecular flexibility index (Phi) is 5.47. The van der Waals surface area contributed by atoms with Crippen molar-refractivity contribution >= 4 is 46.2 Å². The summed E-state index contributed by atoms with van der Waals surface area (Å²) in [5.74, 6) is 2.66. The predicted molar refractivity (Wildman–Crippen MR) is 96.1 cm³/mol. The number of hydrogen-bond acceptors (Lipinski definition) is 7. The summed E-state index contributed by atoms with van der Waals surface area (Å²) in [5, 5.41) is 13.7. The van der Waals surface area contributed by atoms with Gasteiger partial charge < -0.3 is 9.84 Å². The fourth-order valence-corrected chi connectivity index (χ4v) is 4.33. The van der Waals surface area contributed by atoms with Crippen LogP contribution in [0.4, 0.5) is 5.82 Å². The molecule has 1 amide bonds. The summed E-state index contributed by atoms with van der Waals surface area (Å²) in [6, 6.07) is 3.78. The van der Waals surface area contributed by atoms with Crippen LogP contribution in [-0.2, 0) is 10.5 Å². The molecule has 1 N–H and O–H groups in total. The minimum Gasteiger partial charge on any atom is -0.360 e. The van der Waals surface area contributed by atoms with Gasteiger partial charge in [0, 0.05) is 40.3 Å². The van der Waals surface area contributed by atoms with Crippen molar-refractivity contribution in [2.75, 3.05) is 11.1 Å². The van der Waals surface area contributed by atoms with Crippen molar-refractivity contribution in [1.29, 1.82) is 0 Å². The lowest BCUT2D eigenvalue weighted by Gasteiger charge is -2.00. The average Bonchev–Trinajstić information content (AvgIpc) is 3.25. The third-order valence-corrected chi connectivity index (χ3v) is 5.55. The first-order valence-electron chi connectivity index (χ1n) is 6.98. The first kappa shape index (κ1) is 16.2. The smallest absolute Gasteiger partial charge is 0.226 e. The first-order chi connectivity index (χ1) is 11.2. The van der Waals surface area contributed by atoms with Crippen LogP contribution >= 0.6 is 34.4 Å². The largest absolute Gasteiger partial charge is 0.360 e. The number of thiazole rings is 1. The van der Waals surface area contributed by atoms with Gasteiger partial charge in [-0.25, -0.2) is 4.98 Å². The molecule has 0 aromatic carbocycles. The quantitative estimate of drug-likeness (QED) is 0.627. The normalized spacial score (nSPS) is 10.8. The highest BCUT2D eigenvalue weighted by atomic mass is 32.2. The highest BCUT2D eigenvalue weighted by molar-refractivity contribution is 7.98. The number of aryl methyl sites for hydroxylation is 1. The van der Waals surface area contributed by atoms with Gasteiger partial charge in [0.25, 0.3) is 0 Å². The van der Waals surface area contributed by atoms with E-state index in [0.29, 0.717) is 18.0 Å². The fourth-order valence-electron chi connectivity index (χ4n) is 1.86. The van der Waals surface area contributed by atoms with Crippen LogP contribution in [0.3, 0.4) is 0 Å². The maximum absolute atomic E-state index is 11.8. The van der Waals surface area contributed by atoms with Crippen LogP contribution in [0.25, 0.3) is 10.6 Å². The number of amides is 1. The van der Waals surface area contributed by atoms with Crippen molar-refractivity contribution in [2.24, 2.45) is 0 Å². The van der Waals surface area contributed by atoms with Crippen LogP contribution in [0.15, 0.2) is 32.8 Å². The van der Waals surface area contributed by atoms with Crippen molar-refractivity contribution in [2.45, 2.75) is 19.1 Å². The number of nitrogens with zero attached hydrogens (tertiary/aromatic N) is 2. The summed E-state index contributed by atoms with van der Waals surface area (Å²) < 4.78 is 4.91. The van der Waals surface area contributed by atoms with Crippen LogP contribution in [0.2, 0.25) is 0 Å². The highest BCUT2D eigenvalue weighted by Gasteiger charge is 2.08. The molecule has 3 aromatic rings. The number of hydrogen-bond donors (Lipinski definition) is 1. The number of nitrogens with one attached hydrogen (secondary N) is 1. The number of carbonyl (C=O) groups excluding carboxylic acids is 1.